The highest BCUT2D eigenvalue weighted by Gasteiger charge is 2.26. The van der Waals surface area contributed by atoms with E-state index >= 15 is 0 Å². The second kappa shape index (κ2) is 6.61. The lowest BCUT2D eigenvalue weighted by molar-refractivity contribution is 0.0697. The number of aromatic carboxylic acids is 1. The zero-order valence-corrected chi connectivity index (χ0v) is 12.6. The third-order valence-electron chi connectivity index (χ3n) is 3.92. The monoisotopic (exact) mass is 290 g/mol. The number of urea groups is 1. The number of fused-ring (bicyclic) bond motifs is 1. The number of hydrogen-bond donors (Lipinski definition) is 2. The van der Waals surface area contributed by atoms with E-state index < -0.39 is 5.97 Å². The Balaban J connectivity index is 2.11. The lowest BCUT2D eigenvalue weighted by Gasteiger charge is -2.23. The van der Waals surface area contributed by atoms with Crippen LogP contribution in [0.25, 0.3) is 0 Å². The number of nitrogens with zero attached hydrogens (tertiary/aromatic N) is 1. The molecule has 5 nitrogen and oxygen atoms in total. The fraction of sp³-hybridized carbons (Fsp3) is 0.500. The van der Waals surface area contributed by atoms with Crippen LogP contribution in [0.1, 0.15) is 49.0 Å². The van der Waals surface area contributed by atoms with Gasteiger partial charge in [-0.25, -0.2) is 9.59 Å². The largest absolute Gasteiger partial charge is 0.478 e. The normalized spacial score (nSPS) is 14.7. The highest BCUT2D eigenvalue weighted by molar-refractivity contribution is 5.96. The molecule has 1 aromatic carbocycles. The number of carboxylic acid groups (broad SMARTS) is 1. The summed E-state index contributed by atoms with van der Waals surface area (Å²) >= 11 is 0. The maximum Gasteiger partial charge on any atom is 0.335 e. The van der Waals surface area contributed by atoms with Crippen molar-refractivity contribution in [2.24, 2.45) is 0 Å². The molecule has 1 aliphatic rings. The quantitative estimate of drug-likeness (QED) is 0.875. The summed E-state index contributed by atoms with van der Waals surface area (Å²) in [5.74, 6) is -0.935. The van der Waals surface area contributed by atoms with Crippen molar-refractivity contribution in [3.8, 4) is 0 Å². The molecule has 0 fully saturated rings. The highest BCUT2D eigenvalue weighted by atomic mass is 16.4. The first kappa shape index (κ1) is 15.4. The van der Waals surface area contributed by atoms with Crippen LogP contribution in [0, 0.1) is 0 Å². The van der Waals surface area contributed by atoms with E-state index in [0.29, 0.717) is 13.0 Å². The van der Waals surface area contributed by atoms with Crippen LogP contribution >= 0.6 is 0 Å². The minimum atomic E-state index is -0.935. The second-order valence-corrected chi connectivity index (χ2v) is 5.39. The van der Waals surface area contributed by atoms with Crippen LogP contribution in [-0.2, 0) is 6.42 Å². The summed E-state index contributed by atoms with van der Waals surface area (Å²) in [5.41, 5.74) is 2.02. The Bertz CT molecular complexity index is 542. The second-order valence-electron chi connectivity index (χ2n) is 5.39. The standard InChI is InChI=1S/C16H22N2O3/c1-3-5-13(4-2)17-16(21)18-9-8-11-10-12(15(19)20)6-7-14(11)18/h6-7,10,13H,3-5,8-9H2,1-2H3,(H,17,21)(H,19,20). The third kappa shape index (κ3) is 3.35. The van der Waals surface area contributed by atoms with E-state index in [1.807, 2.05) is 0 Å². The van der Waals surface area contributed by atoms with Crippen LogP contribution in [0.15, 0.2) is 18.2 Å². The Morgan fingerprint density at radius 2 is 2.14 bits per heavy atom. The lowest BCUT2D eigenvalue weighted by atomic mass is 10.1. The summed E-state index contributed by atoms with van der Waals surface area (Å²) < 4.78 is 0. The maximum absolute atomic E-state index is 12.4. The van der Waals surface area contributed by atoms with Gasteiger partial charge >= 0.3 is 12.0 Å². The Morgan fingerprint density at radius 3 is 2.76 bits per heavy atom. The molecule has 0 spiro atoms. The molecule has 2 rings (SSSR count). The Hall–Kier alpha value is -2.04. The fourth-order valence-corrected chi connectivity index (χ4v) is 2.73. The van der Waals surface area contributed by atoms with Gasteiger partial charge in [-0.05, 0) is 43.0 Å². The molecular formula is C16H22N2O3. The number of anilines is 1. The smallest absolute Gasteiger partial charge is 0.335 e. The van der Waals surface area contributed by atoms with E-state index in [1.54, 1.807) is 23.1 Å². The zero-order valence-electron chi connectivity index (χ0n) is 12.6. The topological polar surface area (TPSA) is 69.6 Å². The zero-order chi connectivity index (χ0) is 15.4. The van der Waals surface area contributed by atoms with Crippen molar-refractivity contribution in [2.45, 2.75) is 45.6 Å². The fourth-order valence-electron chi connectivity index (χ4n) is 2.73. The van der Waals surface area contributed by atoms with E-state index in [9.17, 15) is 9.59 Å². The molecule has 1 aliphatic heterocycles. The summed E-state index contributed by atoms with van der Waals surface area (Å²) in [7, 11) is 0. The Kier molecular flexibility index (Phi) is 4.83. The van der Waals surface area contributed by atoms with Crippen LogP contribution in [0.4, 0.5) is 10.5 Å². The predicted octanol–water partition coefficient (Wildman–Crippen LogP) is 3.04. The molecule has 0 aromatic heterocycles. The number of rotatable bonds is 5. The molecule has 1 unspecified atom stereocenters. The molecule has 0 saturated heterocycles. The summed E-state index contributed by atoms with van der Waals surface area (Å²) in [6.07, 6.45) is 3.63. The first-order chi connectivity index (χ1) is 10.1. The van der Waals surface area contributed by atoms with E-state index in [-0.39, 0.29) is 17.6 Å². The molecule has 0 radical (unpaired) electrons. The summed E-state index contributed by atoms with van der Waals surface area (Å²) in [4.78, 5) is 25.1. The van der Waals surface area contributed by atoms with Gasteiger partial charge in [0.1, 0.15) is 0 Å². The Labute approximate surface area is 125 Å². The van der Waals surface area contributed by atoms with Crippen LogP contribution in [0.3, 0.4) is 0 Å². The van der Waals surface area contributed by atoms with Gasteiger partial charge in [0, 0.05) is 18.3 Å². The molecule has 2 N–H and O–H groups in total. The SMILES string of the molecule is CCCC(CC)NC(=O)N1CCc2cc(C(=O)O)ccc21. The van der Waals surface area contributed by atoms with Crippen molar-refractivity contribution in [1.29, 1.82) is 0 Å². The molecule has 1 aromatic rings. The van der Waals surface area contributed by atoms with E-state index in [2.05, 4.69) is 19.2 Å². The van der Waals surface area contributed by atoms with Crippen molar-refractivity contribution in [3.63, 3.8) is 0 Å². The molecule has 21 heavy (non-hydrogen) atoms. The first-order valence-corrected chi connectivity index (χ1v) is 7.51. The van der Waals surface area contributed by atoms with Crippen LogP contribution in [0.2, 0.25) is 0 Å². The third-order valence-corrected chi connectivity index (χ3v) is 3.92. The molecule has 0 saturated carbocycles. The molecule has 1 atom stereocenters. The number of carbonyl (C=O) groups excluding carboxylic acids is 1. The lowest BCUT2D eigenvalue weighted by Crippen LogP contribution is -2.44. The molecule has 0 bridgehead atoms. The van der Waals surface area contributed by atoms with Gasteiger partial charge in [-0.15, -0.1) is 0 Å². The van der Waals surface area contributed by atoms with Crippen LogP contribution in [0.5, 0.6) is 0 Å². The molecular weight excluding hydrogens is 268 g/mol. The summed E-state index contributed by atoms with van der Waals surface area (Å²) in [5, 5.41) is 12.1. The summed E-state index contributed by atoms with van der Waals surface area (Å²) in [6, 6.07) is 5.05. The van der Waals surface area contributed by atoms with E-state index in [0.717, 1.165) is 30.5 Å². The van der Waals surface area contributed by atoms with Gasteiger partial charge in [0.25, 0.3) is 0 Å². The van der Waals surface area contributed by atoms with Gasteiger partial charge < -0.3 is 10.4 Å². The van der Waals surface area contributed by atoms with Crippen molar-refractivity contribution in [3.05, 3.63) is 29.3 Å². The van der Waals surface area contributed by atoms with Crippen LogP contribution in [-0.4, -0.2) is 29.7 Å². The van der Waals surface area contributed by atoms with Crippen molar-refractivity contribution in [2.75, 3.05) is 11.4 Å². The molecule has 1 heterocycles. The van der Waals surface area contributed by atoms with Gasteiger partial charge in [0.2, 0.25) is 0 Å². The van der Waals surface area contributed by atoms with Gasteiger partial charge in [-0.1, -0.05) is 20.3 Å². The van der Waals surface area contributed by atoms with Gasteiger partial charge in [0.15, 0.2) is 0 Å². The predicted molar refractivity (Wildman–Crippen MR) is 82.0 cm³/mol. The van der Waals surface area contributed by atoms with Crippen molar-refractivity contribution in [1.82, 2.24) is 5.32 Å². The Morgan fingerprint density at radius 1 is 1.38 bits per heavy atom. The number of carbonyl (C=O) groups is 2. The van der Waals surface area contributed by atoms with E-state index in [4.69, 9.17) is 5.11 Å². The van der Waals surface area contributed by atoms with Gasteiger partial charge in [0.05, 0.1) is 5.56 Å². The molecule has 5 heteroatoms. The minimum absolute atomic E-state index is 0.0860. The molecule has 2 amide bonds. The minimum Gasteiger partial charge on any atom is -0.478 e. The molecule has 114 valence electrons. The average molecular weight is 290 g/mol. The number of carboxylic acids is 1. The number of benzene rings is 1. The number of nitrogens with one attached hydrogen (secondary N) is 1. The van der Waals surface area contributed by atoms with Crippen molar-refractivity contribution >= 4 is 17.7 Å². The molecule has 0 aliphatic carbocycles. The first-order valence-electron chi connectivity index (χ1n) is 7.51. The van der Waals surface area contributed by atoms with Crippen molar-refractivity contribution < 1.29 is 14.7 Å². The summed E-state index contributed by atoms with van der Waals surface area (Å²) in [6.45, 7) is 4.78. The van der Waals surface area contributed by atoms with Gasteiger partial charge in [-0.3, -0.25) is 4.90 Å². The average Bonchev–Trinajstić information content (AvgIpc) is 2.89. The highest BCUT2D eigenvalue weighted by Crippen LogP contribution is 2.29. The number of hydrogen-bond acceptors (Lipinski definition) is 2. The maximum atomic E-state index is 12.4. The van der Waals surface area contributed by atoms with Crippen LogP contribution < -0.4 is 10.2 Å². The van der Waals surface area contributed by atoms with Gasteiger partial charge in [-0.2, -0.15) is 0 Å². The number of amides is 2. The van der Waals surface area contributed by atoms with E-state index in [1.165, 1.54) is 0 Å².